The maximum absolute atomic E-state index is 12.0. The van der Waals surface area contributed by atoms with Gasteiger partial charge in [0.1, 0.15) is 0 Å². The van der Waals surface area contributed by atoms with Crippen molar-refractivity contribution in [3.63, 3.8) is 0 Å². The Morgan fingerprint density at radius 1 is 1.56 bits per heavy atom. The van der Waals surface area contributed by atoms with Gasteiger partial charge in [0, 0.05) is 38.4 Å². The molecule has 0 spiro atoms. The summed E-state index contributed by atoms with van der Waals surface area (Å²) in [5.74, 6) is -0.451. The van der Waals surface area contributed by atoms with Gasteiger partial charge < -0.3 is 14.6 Å². The van der Waals surface area contributed by atoms with Gasteiger partial charge in [-0.3, -0.25) is 9.59 Å². The van der Waals surface area contributed by atoms with Crippen molar-refractivity contribution in [3.8, 4) is 0 Å². The minimum Gasteiger partial charge on any atom is -0.481 e. The van der Waals surface area contributed by atoms with Crippen LogP contribution in [0.15, 0.2) is 17.2 Å². The Morgan fingerprint density at radius 2 is 2.22 bits per heavy atom. The summed E-state index contributed by atoms with van der Waals surface area (Å²) in [6.07, 6.45) is 3.76. The average Bonchev–Trinajstić information content (AvgIpc) is 2.28. The third kappa shape index (κ3) is 3.58. The van der Waals surface area contributed by atoms with Crippen LogP contribution in [0, 0.1) is 0 Å². The first-order valence-corrected chi connectivity index (χ1v) is 5.93. The van der Waals surface area contributed by atoms with E-state index in [2.05, 4.69) is 4.98 Å². The molecule has 1 heterocycles. The third-order valence-electron chi connectivity index (χ3n) is 2.68. The molecule has 1 aromatic rings. The molecule has 0 aliphatic carbocycles. The summed E-state index contributed by atoms with van der Waals surface area (Å²) in [7, 11) is 1.67. The highest BCUT2D eigenvalue weighted by atomic mass is 16.4. The lowest BCUT2D eigenvalue weighted by molar-refractivity contribution is -0.137. The first kappa shape index (κ1) is 14.2. The van der Waals surface area contributed by atoms with Crippen LogP contribution in [-0.2, 0) is 11.8 Å². The Bertz CT molecular complexity index is 468. The summed E-state index contributed by atoms with van der Waals surface area (Å²) >= 11 is 0. The molecule has 100 valence electrons. The molecular formula is C12H19N3O3. The molecule has 0 aliphatic rings. The Kier molecular flexibility index (Phi) is 4.88. The average molecular weight is 253 g/mol. The van der Waals surface area contributed by atoms with Gasteiger partial charge in [-0.05, 0) is 20.3 Å². The molecule has 1 aromatic heterocycles. The molecule has 18 heavy (non-hydrogen) atoms. The van der Waals surface area contributed by atoms with Gasteiger partial charge >= 0.3 is 5.97 Å². The van der Waals surface area contributed by atoms with E-state index in [1.807, 2.05) is 18.7 Å². The third-order valence-corrected chi connectivity index (χ3v) is 2.68. The van der Waals surface area contributed by atoms with E-state index in [4.69, 9.17) is 5.11 Å². The molecule has 0 fully saturated rings. The largest absolute Gasteiger partial charge is 0.481 e. The van der Waals surface area contributed by atoms with Gasteiger partial charge in [-0.25, -0.2) is 4.98 Å². The normalized spacial score (nSPS) is 10.7. The number of hydrogen-bond acceptors (Lipinski definition) is 4. The van der Waals surface area contributed by atoms with E-state index >= 15 is 0 Å². The standard InChI is InChI=1S/C12H19N3O3/c1-9(2)15(7-4-5-10(16)17)11-12(18)14(3)8-6-13-11/h6,8-9H,4-5,7H2,1-3H3,(H,16,17). The van der Waals surface area contributed by atoms with Gasteiger partial charge in [0.25, 0.3) is 5.56 Å². The van der Waals surface area contributed by atoms with Crippen LogP contribution < -0.4 is 10.5 Å². The summed E-state index contributed by atoms with van der Waals surface area (Å²) in [5.41, 5.74) is -0.165. The second-order valence-corrected chi connectivity index (χ2v) is 4.45. The highest BCUT2D eigenvalue weighted by Crippen LogP contribution is 2.09. The number of aromatic nitrogens is 2. The Balaban J connectivity index is 2.88. The molecule has 0 bridgehead atoms. The highest BCUT2D eigenvalue weighted by Gasteiger charge is 2.16. The molecule has 0 saturated carbocycles. The van der Waals surface area contributed by atoms with Crippen molar-refractivity contribution in [2.45, 2.75) is 32.7 Å². The summed E-state index contributed by atoms with van der Waals surface area (Å²) in [6.45, 7) is 4.42. The van der Waals surface area contributed by atoms with E-state index in [0.29, 0.717) is 18.8 Å². The van der Waals surface area contributed by atoms with Crippen LogP contribution in [0.1, 0.15) is 26.7 Å². The smallest absolute Gasteiger partial charge is 0.303 e. The molecular weight excluding hydrogens is 234 g/mol. The van der Waals surface area contributed by atoms with Crippen LogP contribution in [0.2, 0.25) is 0 Å². The number of carboxylic acid groups (broad SMARTS) is 1. The van der Waals surface area contributed by atoms with E-state index < -0.39 is 5.97 Å². The number of rotatable bonds is 6. The number of carbonyl (C=O) groups is 1. The Morgan fingerprint density at radius 3 is 2.78 bits per heavy atom. The van der Waals surface area contributed by atoms with Crippen LogP contribution in [0.25, 0.3) is 0 Å². The Hall–Kier alpha value is -1.85. The zero-order chi connectivity index (χ0) is 13.7. The molecule has 6 nitrogen and oxygen atoms in total. The Labute approximate surface area is 106 Å². The van der Waals surface area contributed by atoms with Crippen LogP contribution in [0.5, 0.6) is 0 Å². The number of aliphatic carboxylic acids is 1. The summed E-state index contributed by atoms with van der Waals surface area (Å²) in [5, 5.41) is 8.63. The molecule has 0 saturated heterocycles. The number of aryl methyl sites for hydroxylation is 1. The van der Waals surface area contributed by atoms with Crippen molar-refractivity contribution in [1.29, 1.82) is 0 Å². The molecule has 0 radical (unpaired) electrons. The maximum Gasteiger partial charge on any atom is 0.303 e. The molecule has 0 amide bonds. The number of anilines is 1. The minimum absolute atomic E-state index is 0.0936. The minimum atomic E-state index is -0.826. The van der Waals surface area contributed by atoms with Crippen molar-refractivity contribution < 1.29 is 9.90 Å². The van der Waals surface area contributed by atoms with Crippen molar-refractivity contribution in [2.24, 2.45) is 7.05 Å². The van der Waals surface area contributed by atoms with Gasteiger partial charge in [0.2, 0.25) is 0 Å². The fourth-order valence-electron chi connectivity index (χ4n) is 1.69. The highest BCUT2D eigenvalue weighted by molar-refractivity contribution is 5.66. The lowest BCUT2D eigenvalue weighted by Crippen LogP contribution is -2.38. The fourth-order valence-corrected chi connectivity index (χ4v) is 1.69. The van der Waals surface area contributed by atoms with Crippen LogP contribution >= 0.6 is 0 Å². The van der Waals surface area contributed by atoms with Crippen molar-refractivity contribution >= 4 is 11.8 Å². The lowest BCUT2D eigenvalue weighted by Gasteiger charge is -2.27. The van der Waals surface area contributed by atoms with Crippen molar-refractivity contribution in [1.82, 2.24) is 9.55 Å². The van der Waals surface area contributed by atoms with Gasteiger partial charge in [-0.15, -0.1) is 0 Å². The molecule has 1 N–H and O–H groups in total. The van der Waals surface area contributed by atoms with Crippen LogP contribution in [0.4, 0.5) is 5.82 Å². The van der Waals surface area contributed by atoms with Crippen molar-refractivity contribution in [2.75, 3.05) is 11.4 Å². The summed E-state index contributed by atoms with van der Waals surface area (Å²) in [6, 6.07) is 0.0985. The van der Waals surface area contributed by atoms with E-state index in [0.717, 1.165) is 0 Å². The maximum atomic E-state index is 12.0. The monoisotopic (exact) mass is 253 g/mol. The fraction of sp³-hybridized carbons (Fsp3) is 0.583. The van der Waals surface area contributed by atoms with Gasteiger partial charge in [-0.2, -0.15) is 0 Å². The second-order valence-electron chi connectivity index (χ2n) is 4.45. The number of nitrogens with zero attached hydrogens (tertiary/aromatic N) is 3. The molecule has 0 aromatic carbocycles. The number of carboxylic acids is 1. The first-order chi connectivity index (χ1) is 8.43. The van der Waals surface area contributed by atoms with E-state index in [9.17, 15) is 9.59 Å². The molecule has 6 heteroatoms. The zero-order valence-electron chi connectivity index (χ0n) is 11.0. The SMILES string of the molecule is CC(C)N(CCCC(=O)O)c1nccn(C)c1=O. The summed E-state index contributed by atoms with van der Waals surface area (Å²) < 4.78 is 1.47. The molecule has 0 unspecified atom stereocenters. The molecule has 0 atom stereocenters. The molecule has 0 aliphatic heterocycles. The predicted molar refractivity (Wildman–Crippen MR) is 68.8 cm³/mol. The predicted octanol–water partition coefficient (Wildman–Crippen LogP) is 0.860. The van der Waals surface area contributed by atoms with E-state index in [1.54, 1.807) is 19.4 Å². The molecule has 1 rings (SSSR count). The topological polar surface area (TPSA) is 75.4 Å². The van der Waals surface area contributed by atoms with Crippen LogP contribution in [-0.4, -0.2) is 33.2 Å². The van der Waals surface area contributed by atoms with Gasteiger partial charge in [-0.1, -0.05) is 0 Å². The second kappa shape index (κ2) is 6.18. The van der Waals surface area contributed by atoms with Gasteiger partial charge in [0.05, 0.1) is 0 Å². The van der Waals surface area contributed by atoms with Crippen LogP contribution in [0.3, 0.4) is 0 Å². The first-order valence-electron chi connectivity index (χ1n) is 5.93. The van der Waals surface area contributed by atoms with Gasteiger partial charge in [0.15, 0.2) is 5.82 Å². The zero-order valence-corrected chi connectivity index (χ0v) is 11.0. The lowest BCUT2D eigenvalue weighted by atomic mass is 10.2. The number of hydrogen-bond donors (Lipinski definition) is 1. The van der Waals surface area contributed by atoms with E-state index in [1.165, 1.54) is 4.57 Å². The van der Waals surface area contributed by atoms with Crippen molar-refractivity contribution in [3.05, 3.63) is 22.7 Å². The summed E-state index contributed by atoms with van der Waals surface area (Å²) in [4.78, 5) is 28.4. The quantitative estimate of drug-likeness (QED) is 0.813. The van der Waals surface area contributed by atoms with E-state index in [-0.39, 0.29) is 18.0 Å².